The minimum absolute atomic E-state index is 0.128. The normalized spacial score (nSPS) is 19.9. The van der Waals surface area contributed by atoms with Crippen LogP contribution in [-0.4, -0.2) is 49.2 Å². The van der Waals surface area contributed by atoms with Crippen LogP contribution < -0.4 is 10.6 Å². The van der Waals surface area contributed by atoms with Gasteiger partial charge >= 0.3 is 0 Å². The lowest BCUT2D eigenvalue weighted by Gasteiger charge is -2.30. The summed E-state index contributed by atoms with van der Waals surface area (Å²) in [7, 11) is 4.21. The van der Waals surface area contributed by atoms with Gasteiger partial charge in [-0.05, 0) is 61.1 Å². The third kappa shape index (κ3) is 3.24. The van der Waals surface area contributed by atoms with Gasteiger partial charge in [-0.1, -0.05) is 5.16 Å². The van der Waals surface area contributed by atoms with E-state index in [1.54, 1.807) is 0 Å². The summed E-state index contributed by atoms with van der Waals surface area (Å²) in [6.45, 7) is 2.12. The fraction of sp³-hybridized carbons (Fsp3) is 0.500. The van der Waals surface area contributed by atoms with E-state index in [2.05, 4.69) is 45.0 Å². The van der Waals surface area contributed by atoms with Gasteiger partial charge in [-0.25, -0.2) is 0 Å². The van der Waals surface area contributed by atoms with Crippen molar-refractivity contribution in [3.8, 4) is 0 Å². The van der Waals surface area contributed by atoms with Crippen molar-refractivity contribution in [1.82, 2.24) is 4.90 Å². The number of anilines is 1. The molecule has 20 heavy (non-hydrogen) atoms. The molecule has 2 rings (SSSR count). The fourth-order valence-corrected chi connectivity index (χ4v) is 3.33. The molecule has 0 spiro atoms. The molecule has 0 bridgehead atoms. The van der Waals surface area contributed by atoms with Gasteiger partial charge in [0.05, 0.1) is 5.69 Å². The van der Waals surface area contributed by atoms with Crippen LogP contribution in [0.3, 0.4) is 0 Å². The standard InChI is InChI=1S/C14H21BrN4O/c1-18(2)9-11-4-3-7-19(11)13-6-5-10(8-12(13)15)14(16)17-20/h5-6,8,11,20H,3-4,7,9H2,1-2H3,(H2,16,17). The van der Waals surface area contributed by atoms with Crippen molar-refractivity contribution in [2.45, 2.75) is 18.9 Å². The first kappa shape index (κ1) is 15.1. The van der Waals surface area contributed by atoms with Gasteiger partial charge in [0.2, 0.25) is 0 Å². The highest BCUT2D eigenvalue weighted by molar-refractivity contribution is 9.10. The van der Waals surface area contributed by atoms with Crippen LogP contribution in [-0.2, 0) is 0 Å². The Morgan fingerprint density at radius 1 is 1.55 bits per heavy atom. The maximum atomic E-state index is 8.73. The minimum atomic E-state index is 0.128. The predicted molar refractivity (Wildman–Crippen MR) is 85.6 cm³/mol. The highest BCUT2D eigenvalue weighted by Gasteiger charge is 2.26. The van der Waals surface area contributed by atoms with Crippen LogP contribution in [0, 0.1) is 0 Å². The maximum Gasteiger partial charge on any atom is 0.170 e. The first-order valence-corrected chi connectivity index (χ1v) is 7.51. The number of nitrogens with two attached hydrogens (primary N) is 1. The van der Waals surface area contributed by atoms with Crippen LogP contribution in [0.2, 0.25) is 0 Å². The van der Waals surface area contributed by atoms with Gasteiger partial charge < -0.3 is 20.7 Å². The van der Waals surface area contributed by atoms with E-state index in [1.165, 1.54) is 18.5 Å². The highest BCUT2D eigenvalue weighted by atomic mass is 79.9. The Morgan fingerprint density at radius 2 is 2.30 bits per heavy atom. The zero-order valence-corrected chi connectivity index (χ0v) is 13.5. The van der Waals surface area contributed by atoms with E-state index in [4.69, 9.17) is 10.9 Å². The van der Waals surface area contributed by atoms with Crippen LogP contribution in [0.25, 0.3) is 0 Å². The Kier molecular flexibility index (Phi) is 4.88. The Labute approximate surface area is 128 Å². The molecule has 3 N–H and O–H groups in total. The highest BCUT2D eigenvalue weighted by Crippen LogP contribution is 2.33. The van der Waals surface area contributed by atoms with Crippen LogP contribution in [0.15, 0.2) is 27.8 Å². The van der Waals surface area contributed by atoms with Gasteiger partial charge in [0.25, 0.3) is 0 Å². The lowest BCUT2D eigenvalue weighted by molar-refractivity contribution is 0.318. The molecule has 1 saturated heterocycles. The molecule has 1 heterocycles. The summed E-state index contributed by atoms with van der Waals surface area (Å²) in [5.74, 6) is 0.128. The van der Waals surface area contributed by atoms with E-state index in [0.717, 1.165) is 17.6 Å². The fourth-order valence-electron chi connectivity index (χ4n) is 2.72. The molecule has 1 unspecified atom stereocenters. The lowest BCUT2D eigenvalue weighted by atomic mass is 10.1. The van der Waals surface area contributed by atoms with Crippen molar-refractivity contribution < 1.29 is 5.21 Å². The number of rotatable bonds is 4. The van der Waals surface area contributed by atoms with E-state index >= 15 is 0 Å². The summed E-state index contributed by atoms with van der Waals surface area (Å²) in [4.78, 5) is 4.65. The van der Waals surface area contributed by atoms with E-state index in [1.807, 2.05) is 18.2 Å². The number of halogens is 1. The topological polar surface area (TPSA) is 65.1 Å². The number of amidine groups is 1. The molecule has 6 heteroatoms. The van der Waals surface area contributed by atoms with E-state index in [-0.39, 0.29) is 5.84 Å². The Balaban J connectivity index is 2.24. The van der Waals surface area contributed by atoms with Crippen LogP contribution in [0.1, 0.15) is 18.4 Å². The molecule has 1 aromatic carbocycles. The van der Waals surface area contributed by atoms with Gasteiger partial charge in [-0.15, -0.1) is 0 Å². The average Bonchev–Trinajstić information content (AvgIpc) is 2.84. The zero-order chi connectivity index (χ0) is 14.7. The molecule has 0 amide bonds. The Hall–Kier alpha value is -1.27. The monoisotopic (exact) mass is 340 g/mol. The summed E-state index contributed by atoms with van der Waals surface area (Å²) in [5, 5.41) is 11.8. The summed E-state index contributed by atoms with van der Waals surface area (Å²) in [6.07, 6.45) is 2.43. The van der Waals surface area contributed by atoms with E-state index in [9.17, 15) is 0 Å². The molecular weight excluding hydrogens is 320 g/mol. The second-order valence-electron chi connectivity index (χ2n) is 5.40. The second kappa shape index (κ2) is 6.45. The largest absolute Gasteiger partial charge is 0.409 e. The van der Waals surface area contributed by atoms with Crippen molar-refractivity contribution >= 4 is 27.5 Å². The average molecular weight is 341 g/mol. The van der Waals surface area contributed by atoms with Gasteiger partial charge in [0.15, 0.2) is 5.84 Å². The van der Waals surface area contributed by atoms with Crippen molar-refractivity contribution in [1.29, 1.82) is 0 Å². The van der Waals surface area contributed by atoms with Gasteiger partial charge in [-0.3, -0.25) is 0 Å². The summed E-state index contributed by atoms with van der Waals surface area (Å²) >= 11 is 3.60. The van der Waals surface area contributed by atoms with Gasteiger partial charge in [0.1, 0.15) is 0 Å². The zero-order valence-electron chi connectivity index (χ0n) is 11.9. The molecule has 0 aliphatic carbocycles. The summed E-state index contributed by atoms with van der Waals surface area (Å²) in [6, 6.07) is 6.36. The van der Waals surface area contributed by atoms with Crippen molar-refractivity contribution in [3.05, 3.63) is 28.2 Å². The summed E-state index contributed by atoms with van der Waals surface area (Å²) < 4.78 is 0.979. The Morgan fingerprint density at radius 3 is 2.90 bits per heavy atom. The van der Waals surface area contributed by atoms with Crippen molar-refractivity contribution in [2.75, 3.05) is 32.1 Å². The molecule has 0 radical (unpaired) electrons. The SMILES string of the molecule is CN(C)CC1CCCN1c1ccc(/C(N)=N/O)cc1Br. The molecule has 1 aliphatic rings. The molecule has 110 valence electrons. The number of benzene rings is 1. The molecular formula is C14H21BrN4O. The van der Waals surface area contributed by atoms with Crippen molar-refractivity contribution in [3.63, 3.8) is 0 Å². The third-order valence-corrected chi connectivity index (χ3v) is 4.25. The Bertz CT molecular complexity index is 504. The molecule has 1 aliphatic heterocycles. The number of hydrogen-bond donors (Lipinski definition) is 2. The lowest BCUT2D eigenvalue weighted by Crippen LogP contribution is -2.37. The number of oxime groups is 1. The molecule has 0 aromatic heterocycles. The third-order valence-electron chi connectivity index (χ3n) is 3.61. The van der Waals surface area contributed by atoms with Crippen molar-refractivity contribution in [2.24, 2.45) is 10.9 Å². The predicted octanol–water partition coefficient (Wildman–Crippen LogP) is 2.07. The second-order valence-corrected chi connectivity index (χ2v) is 6.26. The molecule has 5 nitrogen and oxygen atoms in total. The molecule has 1 fully saturated rings. The first-order chi connectivity index (χ1) is 9.52. The van der Waals surface area contributed by atoms with Gasteiger partial charge in [-0.2, -0.15) is 0 Å². The minimum Gasteiger partial charge on any atom is -0.409 e. The van der Waals surface area contributed by atoms with Crippen LogP contribution >= 0.6 is 15.9 Å². The molecule has 1 atom stereocenters. The number of nitrogens with zero attached hydrogens (tertiary/aromatic N) is 3. The van der Waals surface area contributed by atoms with Gasteiger partial charge in [0, 0.05) is 29.2 Å². The maximum absolute atomic E-state index is 8.73. The molecule has 0 saturated carbocycles. The van der Waals surface area contributed by atoms with Crippen LogP contribution in [0.5, 0.6) is 0 Å². The number of likely N-dealkylation sites (N-methyl/N-ethyl adjacent to an activating group) is 1. The van der Waals surface area contributed by atoms with E-state index < -0.39 is 0 Å². The quantitative estimate of drug-likeness (QED) is 0.381. The smallest absolute Gasteiger partial charge is 0.170 e. The summed E-state index contributed by atoms with van der Waals surface area (Å²) in [5.41, 5.74) is 7.50. The van der Waals surface area contributed by atoms with Crippen LogP contribution in [0.4, 0.5) is 5.69 Å². The molecule has 1 aromatic rings. The van der Waals surface area contributed by atoms with E-state index in [0.29, 0.717) is 11.6 Å². The first-order valence-electron chi connectivity index (χ1n) is 6.71. The number of hydrogen-bond acceptors (Lipinski definition) is 4.